The quantitative estimate of drug-likeness (QED) is 0.354. The highest BCUT2D eigenvalue weighted by Crippen LogP contribution is 2.34. The second-order valence-corrected chi connectivity index (χ2v) is 10.4. The first-order valence-corrected chi connectivity index (χ1v) is 13.7. The Kier molecular flexibility index (Phi) is 9.54. The van der Waals surface area contributed by atoms with E-state index in [2.05, 4.69) is 54.8 Å². The van der Waals surface area contributed by atoms with Crippen LogP contribution in [0.1, 0.15) is 40.5 Å². The molecular formula is C30H43FN2O4. The third kappa shape index (κ3) is 6.68. The standard InChI is InChI=1S/C30H43FN2O4/c1-6-35-26-12-13-27(31)28(18-26)32-15-14-29(21(2)19-32)37-25-10-8-24(9-11-25)33-20-30(22(3)23(33)4)36-17-7-16-34-5/h8-13,18,21-23,29-30H,6-7,14-17,19-20H2,1-5H3/t21?,22-,23-,29?,30-/m0/s1. The Morgan fingerprint density at radius 1 is 0.946 bits per heavy atom. The molecule has 7 heteroatoms. The Morgan fingerprint density at radius 2 is 1.70 bits per heavy atom. The molecule has 0 amide bonds. The minimum absolute atomic E-state index is 0.0934. The largest absolute Gasteiger partial charge is 0.494 e. The first kappa shape index (κ1) is 27.5. The van der Waals surface area contributed by atoms with Gasteiger partial charge in [0.25, 0.3) is 0 Å². The van der Waals surface area contributed by atoms with Crippen molar-refractivity contribution in [2.24, 2.45) is 11.8 Å². The van der Waals surface area contributed by atoms with E-state index in [9.17, 15) is 4.39 Å². The highest BCUT2D eigenvalue weighted by Gasteiger charge is 2.37. The number of methoxy groups -OCH3 is 1. The van der Waals surface area contributed by atoms with E-state index in [4.69, 9.17) is 18.9 Å². The molecule has 5 atom stereocenters. The van der Waals surface area contributed by atoms with Crippen LogP contribution in [0, 0.1) is 17.7 Å². The maximum absolute atomic E-state index is 14.6. The molecule has 204 valence electrons. The summed E-state index contributed by atoms with van der Waals surface area (Å²) in [6.07, 6.45) is 2.08. The Hall–Kier alpha value is -2.51. The van der Waals surface area contributed by atoms with E-state index >= 15 is 0 Å². The molecule has 2 aliphatic heterocycles. The lowest BCUT2D eigenvalue weighted by molar-refractivity contribution is 0.0277. The first-order valence-electron chi connectivity index (χ1n) is 13.7. The van der Waals surface area contributed by atoms with Gasteiger partial charge in [-0.05, 0) is 56.7 Å². The Labute approximate surface area is 221 Å². The van der Waals surface area contributed by atoms with Gasteiger partial charge in [0.2, 0.25) is 0 Å². The normalized spacial score (nSPS) is 25.9. The summed E-state index contributed by atoms with van der Waals surface area (Å²) in [5, 5.41) is 0. The van der Waals surface area contributed by atoms with Gasteiger partial charge in [0.1, 0.15) is 23.4 Å². The van der Waals surface area contributed by atoms with Crippen LogP contribution in [0.15, 0.2) is 42.5 Å². The molecule has 37 heavy (non-hydrogen) atoms. The lowest BCUT2D eigenvalue weighted by atomic mass is 9.95. The molecular weight excluding hydrogens is 471 g/mol. The minimum atomic E-state index is -0.210. The molecule has 2 aromatic carbocycles. The lowest BCUT2D eigenvalue weighted by Gasteiger charge is -2.38. The van der Waals surface area contributed by atoms with Gasteiger partial charge in [-0.25, -0.2) is 4.39 Å². The second-order valence-electron chi connectivity index (χ2n) is 10.4. The van der Waals surface area contributed by atoms with Gasteiger partial charge >= 0.3 is 0 Å². The summed E-state index contributed by atoms with van der Waals surface area (Å²) < 4.78 is 37.8. The van der Waals surface area contributed by atoms with Crippen LogP contribution in [0.2, 0.25) is 0 Å². The van der Waals surface area contributed by atoms with Gasteiger partial charge in [-0.2, -0.15) is 0 Å². The fraction of sp³-hybridized carbons (Fsp3) is 0.600. The fourth-order valence-electron chi connectivity index (χ4n) is 5.50. The van der Waals surface area contributed by atoms with Crippen LogP contribution in [-0.4, -0.2) is 64.8 Å². The highest BCUT2D eigenvalue weighted by molar-refractivity contribution is 5.53. The van der Waals surface area contributed by atoms with Crippen molar-refractivity contribution in [1.29, 1.82) is 0 Å². The monoisotopic (exact) mass is 514 g/mol. The van der Waals surface area contributed by atoms with Crippen molar-refractivity contribution in [2.45, 2.75) is 58.8 Å². The van der Waals surface area contributed by atoms with Gasteiger partial charge in [0.15, 0.2) is 0 Å². The molecule has 0 bridgehead atoms. The number of ether oxygens (including phenoxy) is 4. The van der Waals surface area contributed by atoms with Crippen molar-refractivity contribution in [3.05, 3.63) is 48.3 Å². The Bertz CT molecular complexity index is 988. The van der Waals surface area contributed by atoms with Crippen molar-refractivity contribution in [2.75, 3.05) is 56.4 Å². The fourth-order valence-corrected chi connectivity index (χ4v) is 5.50. The van der Waals surface area contributed by atoms with Crippen LogP contribution in [0.25, 0.3) is 0 Å². The molecule has 6 nitrogen and oxygen atoms in total. The van der Waals surface area contributed by atoms with Crippen LogP contribution in [0.4, 0.5) is 15.8 Å². The first-order chi connectivity index (χ1) is 17.9. The van der Waals surface area contributed by atoms with E-state index in [0.29, 0.717) is 30.0 Å². The predicted octanol–water partition coefficient (Wildman–Crippen LogP) is 5.78. The molecule has 2 aromatic rings. The third-order valence-corrected chi connectivity index (χ3v) is 7.89. The van der Waals surface area contributed by atoms with Crippen molar-refractivity contribution in [3.63, 3.8) is 0 Å². The predicted molar refractivity (Wildman–Crippen MR) is 147 cm³/mol. The summed E-state index contributed by atoms with van der Waals surface area (Å²) in [6, 6.07) is 13.8. The molecule has 0 spiro atoms. The summed E-state index contributed by atoms with van der Waals surface area (Å²) in [5.41, 5.74) is 1.80. The molecule has 2 aliphatic rings. The summed E-state index contributed by atoms with van der Waals surface area (Å²) in [6.45, 7) is 13.1. The van der Waals surface area contributed by atoms with Crippen molar-refractivity contribution < 1.29 is 23.3 Å². The summed E-state index contributed by atoms with van der Waals surface area (Å²) in [4.78, 5) is 4.54. The van der Waals surface area contributed by atoms with Gasteiger partial charge in [-0.15, -0.1) is 0 Å². The number of anilines is 2. The zero-order valence-electron chi connectivity index (χ0n) is 23.0. The number of hydrogen-bond acceptors (Lipinski definition) is 6. The smallest absolute Gasteiger partial charge is 0.146 e. The van der Waals surface area contributed by atoms with E-state index in [1.807, 2.05) is 6.92 Å². The van der Waals surface area contributed by atoms with Crippen molar-refractivity contribution in [1.82, 2.24) is 0 Å². The maximum atomic E-state index is 14.6. The summed E-state index contributed by atoms with van der Waals surface area (Å²) in [7, 11) is 1.73. The molecule has 2 heterocycles. The van der Waals surface area contributed by atoms with E-state index < -0.39 is 0 Å². The van der Waals surface area contributed by atoms with Crippen LogP contribution in [-0.2, 0) is 9.47 Å². The number of rotatable bonds is 11. The molecule has 2 fully saturated rings. The van der Waals surface area contributed by atoms with Crippen LogP contribution in [0.5, 0.6) is 11.5 Å². The summed E-state index contributed by atoms with van der Waals surface area (Å²) in [5.74, 6) is 2.10. The third-order valence-electron chi connectivity index (χ3n) is 7.89. The number of benzene rings is 2. The van der Waals surface area contributed by atoms with Crippen molar-refractivity contribution >= 4 is 11.4 Å². The number of hydrogen-bond donors (Lipinski definition) is 0. The zero-order chi connectivity index (χ0) is 26.4. The molecule has 2 saturated heterocycles. The van der Waals surface area contributed by atoms with Gasteiger partial charge in [-0.1, -0.05) is 13.8 Å². The topological polar surface area (TPSA) is 43.4 Å². The SMILES string of the molecule is CCOc1ccc(F)c(N2CCC(Oc3ccc(N4C[C@H](OCCCOC)[C@@H](C)[C@@H]4C)cc3)C(C)C2)c1. The molecule has 4 rings (SSSR count). The molecule has 0 saturated carbocycles. The highest BCUT2D eigenvalue weighted by atomic mass is 19.1. The molecule has 0 radical (unpaired) electrons. The Balaban J connectivity index is 1.32. The number of nitrogens with zero attached hydrogens (tertiary/aromatic N) is 2. The van der Waals surface area contributed by atoms with E-state index in [-0.39, 0.29) is 23.9 Å². The van der Waals surface area contributed by atoms with E-state index in [1.54, 1.807) is 19.2 Å². The van der Waals surface area contributed by atoms with Gasteiger partial charge in [-0.3, -0.25) is 0 Å². The minimum Gasteiger partial charge on any atom is -0.494 e. The van der Waals surface area contributed by atoms with Crippen molar-refractivity contribution in [3.8, 4) is 11.5 Å². The average molecular weight is 515 g/mol. The van der Waals surface area contributed by atoms with Crippen LogP contribution >= 0.6 is 0 Å². The molecule has 2 unspecified atom stereocenters. The van der Waals surface area contributed by atoms with Crippen LogP contribution < -0.4 is 19.3 Å². The maximum Gasteiger partial charge on any atom is 0.146 e. The molecule has 0 N–H and O–H groups in total. The summed E-state index contributed by atoms with van der Waals surface area (Å²) >= 11 is 0. The number of piperidine rings is 1. The lowest BCUT2D eigenvalue weighted by Crippen LogP contribution is -2.44. The van der Waals surface area contributed by atoms with E-state index in [1.165, 1.54) is 11.8 Å². The molecule has 0 aromatic heterocycles. The Morgan fingerprint density at radius 3 is 2.41 bits per heavy atom. The molecule has 0 aliphatic carbocycles. The second kappa shape index (κ2) is 12.8. The number of halogens is 1. The average Bonchev–Trinajstić information content (AvgIpc) is 3.18. The van der Waals surface area contributed by atoms with Gasteiger partial charge in [0.05, 0.1) is 18.4 Å². The zero-order valence-corrected chi connectivity index (χ0v) is 23.0. The van der Waals surface area contributed by atoms with Gasteiger partial charge in [0, 0.05) is 76.0 Å². The van der Waals surface area contributed by atoms with E-state index in [0.717, 1.165) is 51.4 Å². The van der Waals surface area contributed by atoms with Gasteiger partial charge < -0.3 is 28.7 Å². The van der Waals surface area contributed by atoms with Crippen LogP contribution in [0.3, 0.4) is 0 Å².